The van der Waals surface area contributed by atoms with Crippen LogP contribution in [0, 0.1) is 10.6 Å². The normalized spacial score (nSPS) is 30.6. The molecule has 1 saturated heterocycles. The van der Waals surface area contributed by atoms with Gasteiger partial charge in [-0.15, -0.1) is 0 Å². The fraction of sp³-hybridized carbons (Fsp3) is 0.600. The van der Waals surface area contributed by atoms with Crippen molar-refractivity contribution in [2.75, 3.05) is 6.61 Å². The number of aliphatic hydroxyl groups excluding tert-OH is 1. The van der Waals surface area contributed by atoms with Gasteiger partial charge >= 0.3 is 23.5 Å². The van der Waals surface area contributed by atoms with Gasteiger partial charge in [0.15, 0.2) is 11.0 Å². The van der Waals surface area contributed by atoms with E-state index in [1.165, 1.54) is 0 Å². The third-order valence-corrected chi connectivity index (χ3v) is 7.86. The molecule has 1 fully saturated rings. The number of phosphoric ester groups is 1. The predicted octanol–water partition coefficient (Wildman–Crippen LogP) is -0.602. The van der Waals surface area contributed by atoms with Gasteiger partial charge in [-0.05, 0) is 19.1 Å². The topological polar surface area (TPSA) is 247 Å². The lowest BCUT2D eigenvalue weighted by atomic mass is 9.96. The molecule has 0 radical (unpaired) electrons. The van der Waals surface area contributed by atoms with Crippen molar-refractivity contribution < 1.29 is 65.8 Å². The standard InChI is InChI=1S/C10H16FN2O14P3S/c1-10(16)6(14)5(25-8(10)13-2-4(11)7(15)12-9(13)31)3-24-29(20,21)27-30(22,23)26-28(17,18)19/h2,5-6,8,14,16H,3H2,1H3,(H,20,21)(H,22,23)(H,12,15,31)(H2,17,18,19). The maximum atomic E-state index is 13.6. The summed E-state index contributed by atoms with van der Waals surface area (Å²) < 4.78 is 64.3. The highest BCUT2D eigenvalue weighted by atomic mass is 32.1. The number of aliphatic hydroxyl groups is 2. The van der Waals surface area contributed by atoms with E-state index in [9.17, 15) is 38.0 Å². The molecule has 1 aromatic rings. The smallest absolute Gasteiger partial charge is 0.387 e. The van der Waals surface area contributed by atoms with Gasteiger partial charge in [-0.25, -0.2) is 13.7 Å². The maximum Gasteiger partial charge on any atom is 0.490 e. The number of phosphoric acid groups is 3. The lowest BCUT2D eigenvalue weighted by Gasteiger charge is -2.28. The van der Waals surface area contributed by atoms with Crippen LogP contribution in [-0.4, -0.2) is 63.8 Å². The SMILES string of the molecule is CC1(O)C(O)C(COP(=O)(O)OP(=O)(O)OP(=O)(O)O)OC1n1cc(F)c(=O)[nH]c1=S. The van der Waals surface area contributed by atoms with Gasteiger partial charge in [-0.3, -0.25) is 18.9 Å². The van der Waals surface area contributed by atoms with Crippen LogP contribution in [-0.2, 0) is 31.6 Å². The van der Waals surface area contributed by atoms with E-state index in [0.29, 0.717) is 6.20 Å². The summed E-state index contributed by atoms with van der Waals surface area (Å²) in [4.78, 5) is 48.7. The van der Waals surface area contributed by atoms with E-state index in [1.807, 2.05) is 4.98 Å². The van der Waals surface area contributed by atoms with Gasteiger partial charge < -0.3 is 34.5 Å². The maximum absolute atomic E-state index is 13.6. The molecule has 2 rings (SSSR count). The number of nitrogens with zero attached hydrogens (tertiary/aromatic N) is 1. The quantitative estimate of drug-likeness (QED) is 0.163. The molecule has 0 bridgehead atoms. The Morgan fingerprint density at radius 2 is 1.84 bits per heavy atom. The predicted molar refractivity (Wildman–Crippen MR) is 96.2 cm³/mol. The summed E-state index contributed by atoms with van der Waals surface area (Å²) in [7, 11) is -16.9. The average Bonchev–Trinajstić information content (AvgIpc) is 2.76. The van der Waals surface area contributed by atoms with E-state index in [0.717, 1.165) is 11.5 Å². The van der Waals surface area contributed by atoms with Gasteiger partial charge in [0.1, 0.15) is 17.8 Å². The van der Waals surface area contributed by atoms with E-state index in [2.05, 4.69) is 13.1 Å². The molecule has 0 aromatic carbocycles. The highest BCUT2D eigenvalue weighted by molar-refractivity contribution is 7.71. The molecule has 0 amide bonds. The van der Waals surface area contributed by atoms with Crippen molar-refractivity contribution in [2.45, 2.75) is 31.0 Å². The molecule has 6 unspecified atom stereocenters. The van der Waals surface area contributed by atoms with Gasteiger partial charge in [0.25, 0.3) is 5.56 Å². The van der Waals surface area contributed by atoms with Crippen LogP contribution in [0.3, 0.4) is 0 Å². The van der Waals surface area contributed by atoms with Crippen LogP contribution in [0.25, 0.3) is 0 Å². The molecule has 7 N–H and O–H groups in total. The number of rotatable bonds is 8. The molecule has 6 atom stereocenters. The molecule has 178 valence electrons. The third kappa shape index (κ3) is 6.66. The zero-order chi connectivity index (χ0) is 24.0. The number of ether oxygens (including phenoxy) is 1. The number of H-pyrrole nitrogens is 1. The number of halogens is 1. The first kappa shape index (κ1) is 26.6. The minimum Gasteiger partial charge on any atom is -0.387 e. The lowest BCUT2D eigenvalue weighted by molar-refractivity contribution is -0.0981. The summed E-state index contributed by atoms with van der Waals surface area (Å²) in [6.07, 6.45) is -4.56. The number of nitrogens with one attached hydrogen (secondary N) is 1. The molecule has 21 heteroatoms. The van der Waals surface area contributed by atoms with Crippen LogP contribution in [0.4, 0.5) is 4.39 Å². The van der Waals surface area contributed by atoms with Crippen LogP contribution in [0.15, 0.2) is 11.0 Å². The highest BCUT2D eigenvalue weighted by Crippen LogP contribution is 2.66. The Hall–Kier alpha value is -0.680. The number of aromatic amines is 1. The lowest BCUT2D eigenvalue weighted by Crippen LogP contribution is -2.44. The fourth-order valence-electron chi connectivity index (χ4n) is 2.48. The van der Waals surface area contributed by atoms with Crippen molar-refractivity contribution >= 4 is 35.7 Å². The van der Waals surface area contributed by atoms with E-state index < -0.39 is 70.3 Å². The molecular weight excluding hydrogens is 516 g/mol. The van der Waals surface area contributed by atoms with E-state index >= 15 is 0 Å². The zero-order valence-corrected chi connectivity index (χ0v) is 18.5. The Bertz CT molecular complexity index is 1100. The Morgan fingerprint density at radius 3 is 2.39 bits per heavy atom. The molecule has 1 aliphatic rings. The second-order valence-electron chi connectivity index (χ2n) is 6.23. The van der Waals surface area contributed by atoms with Gasteiger partial charge in [-0.2, -0.15) is 13.0 Å². The minimum absolute atomic E-state index is 0.405. The van der Waals surface area contributed by atoms with Crippen molar-refractivity contribution in [3.8, 4) is 0 Å². The monoisotopic (exact) mass is 532 g/mol. The molecular formula is C10H16FN2O14P3S. The summed E-state index contributed by atoms with van der Waals surface area (Å²) >= 11 is 4.84. The Balaban J connectivity index is 2.17. The Morgan fingerprint density at radius 1 is 1.26 bits per heavy atom. The molecule has 0 saturated carbocycles. The third-order valence-electron chi connectivity index (χ3n) is 3.75. The van der Waals surface area contributed by atoms with Gasteiger partial charge in [0, 0.05) is 0 Å². The van der Waals surface area contributed by atoms with Crippen LogP contribution in [0.1, 0.15) is 13.2 Å². The van der Waals surface area contributed by atoms with Crippen molar-refractivity contribution in [3.05, 3.63) is 27.1 Å². The second kappa shape index (κ2) is 8.93. The average molecular weight is 532 g/mol. The number of hydrogen-bond donors (Lipinski definition) is 7. The molecule has 1 aliphatic heterocycles. The highest BCUT2D eigenvalue weighted by Gasteiger charge is 2.54. The van der Waals surface area contributed by atoms with Gasteiger partial charge in [-0.1, -0.05) is 0 Å². The Labute approximate surface area is 176 Å². The minimum atomic E-state index is -5.76. The van der Waals surface area contributed by atoms with Crippen molar-refractivity contribution in [2.24, 2.45) is 0 Å². The molecule has 0 aliphatic carbocycles. The van der Waals surface area contributed by atoms with Gasteiger partial charge in [0.05, 0.1) is 12.8 Å². The molecule has 1 aromatic heterocycles. The molecule has 16 nitrogen and oxygen atoms in total. The van der Waals surface area contributed by atoms with Crippen LogP contribution < -0.4 is 5.56 Å². The molecule has 31 heavy (non-hydrogen) atoms. The van der Waals surface area contributed by atoms with Crippen LogP contribution in [0.5, 0.6) is 0 Å². The first-order valence-corrected chi connectivity index (χ1v) is 12.6. The number of hydrogen-bond acceptors (Lipinski definition) is 11. The van der Waals surface area contributed by atoms with Crippen LogP contribution in [0.2, 0.25) is 0 Å². The fourth-order valence-corrected chi connectivity index (χ4v) is 5.75. The van der Waals surface area contributed by atoms with Crippen molar-refractivity contribution in [1.29, 1.82) is 0 Å². The van der Waals surface area contributed by atoms with E-state index in [1.54, 1.807) is 0 Å². The second-order valence-corrected chi connectivity index (χ2v) is 11.0. The first-order chi connectivity index (χ1) is 13.8. The van der Waals surface area contributed by atoms with Crippen LogP contribution >= 0.6 is 35.7 Å². The zero-order valence-electron chi connectivity index (χ0n) is 15.0. The van der Waals surface area contributed by atoms with Crippen molar-refractivity contribution in [3.63, 3.8) is 0 Å². The van der Waals surface area contributed by atoms with Gasteiger partial charge in [0.2, 0.25) is 5.82 Å². The van der Waals surface area contributed by atoms with E-state index in [4.69, 9.17) is 31.6 Å². The first-order valence-electron chi connectivity index (χ1n) is 7.70. The summed E-state index contributed by atoms with van der Waals surface area (Å²) in [6.45, 7) is -0.0609. The number of aromatic nitrogens is 2. The van der Waals surface area contributed by atoms with Crippen molar-refractivity contribution in [1.82, 2.24) is 9.55 Å². The summed E-state index contributed by atoms with van der Waals surface area (Å²) in [5, 5.41) is 20.7. The molecule has 0 spiro atoms. The summed E-state index contributed by atoms with van der Waals surface area (Å²) in [6, 6.07) is 0. The van der Waals surface area contributed by atoms with E-state index in [-0.39, 0.29) is 0 Å². The summed E-state index contributed by atoms with van der Waals surface area (Å²) in [5.74, 6) is -1.31. The Kier molecular flexibility index (Phi) is 7.65. The molecule has 2 heterocycles. The largest absolute Gasteiger partial charge is 0.490 e. The summed E-state index contributed by atoms with van der Waals surface area (Å²) in [5.41, 5.74) is -3.38.